The summed E-state index contributed by atoms with van der Waals surface area (Å²) in [5.41, 5.74) is 2.01. The standard InChI is InChI=1S/C26H20Cl2N2O4S2/c1-2-36(33,34)19-13-7-16(8-14-19)15-22(31)29-26-30-23(20-5-3-4-6-21(20)28)25(35-26)24(32)17-9-11-18(27)12-10-17/h3-14H,2,15H2,1H3,(H,29,30,31). The van der Waals surface area contributed by atoms with Gasteiger partial charge in [-0.05, 0) is 48.0 Å². The smallest absolute Gasteiger partial charge is 0.230 e. The minimum absolute atomic E-state index is 0.00170. The lowest BCUT2D eigenvalue weighted by atomic mass is 10.1. The molecule has 0 saturated heterocycles. The van der Waals surface area contributed by atoms with Gasteiger partial charge in [0, 0.05) is 16.1 Å². The number of rotatable bonds is 8. The molecule has 184 valence electrons. The number of ketones is 1. The highest BCUT2D eigenvalue weighted by atomic mass is 35.5. The molecule has 0 bridgehead atoms. The molecule has 10 heteroatoms. The monoisotopic (exact) mass is 558 g/mol. The van der Waals surface area contributed by atoms with Crippen LogP contribution < -0.4 is 5.32 Å². The maximum Gasteiger partial charge on any atom is 0.230 e. The molecule has 0 aliphatic rings. The molecule has 36 heavy (non-hydrogen) atoms. The lowest BCUT2D eigenvalue weighted by Crippen LogP contribution is -2.14. The molecule has 0 spiro atoms. The molecule has 1 aromatic heterocycles. The van der Waals surface area contributed by atoms with Crippen LogP contribution in [0.5, 0.6) is 0 Å². The first-order chi connectivity index (χ1) is 17.2. The molecular weight excluding hydrogens is 539 g/mol. The molecule has 0 aliphatic heterocycles. The van der Waals surface area contributed by atoms with Crippen LogP contribution in [-0.4, -0.2) is 30.8 Å². The summed E-state index contributed by atoms with van der Waals surface area (Å²) < 4.78 is 24.0. The Labute approximate surface area is 222 Å². The van der Waals surface area contributed by atoms with Gasteiger partial charge in [-0.2, -0.15) is 0 Å². The summed E-state index contributed by atoms with van der Waals surface area (Å²) in [5.74, 6) is -0.625. The van der Waals surface area contributed by atoms with E-state index in [0.29, 0.717) is 37.3 Å². The third-order valence-electron chi connectivity index (χ3n) is 5.34. The van der Waals surface area contributed by atoms with Crippen LogP contribution in [-0.2, 0) is 21.1 Å². The number of nitrogens with one attached hydrogen (secondary N) is 1. The summed E-state index contributed by atoms with van der Waals surface area (Å²) in [6.45, 7) is 1.58. The quantitative estimate of drug-likeness (QED) is 0.255. The molecule has 0 saturated carbocycles. The van der Waals surface area contributed by atoms with Crippen molar-refractivity contribution in [2.24, 2.45) is 0 Å². The Morgan fingerprint density at radius 3 is 2.25 bits per heavy atom. The van der Waals surface area contributed by atoms with Gasteiger partial charge in [-0.3, -0.25) is 9.59 Å². The zero-order valence-corrected chi connectivity index (χ0v) is 22.1. The van der Waals surface area contributed by atoms with Crippen LogP contribution in [0.2, 0.25) is 10.0 Å². The van der Waals surface area contributed by atoms with Gasteiger partial charge in [0.25, 0.3) is 0 Å². The zero-order chi connectivity index (χ0) is 25.9. The number of hydrogen-bond acceptors (Lipinski definition) is 6. The van der Waals surface area contributed by atoms with Crippen LogP contribution in [0.1, 0.15) is 27.7 Å². The number of anilines is 1. The number of hydrogen-bond donors (Lipinski definition) is 1. The van der Waals surface area contributed by atoms with Gasteiger partial charge in [0.2, 0.25) is 11.7 Å². The first-order valence-electron chi connectivity index (χ1n) is 10.9. The summed E-state index contributed by atoms with van der Waals surface area (Å²) in [7, 11) is -3.32. The van der Waals surface area contributed by atoms with E-state index in [1.807, 2.05) is 0 Å². The van der Waals surface area contributed by atoms with Gasteiger partial charge in [-0.1, -0.05) is 71.8 Å². The molecule has 1 heterocycles. The highest BCUT2D eigenvalue weighted by Crippen LogP contribution is 2.36. The van der Waals surface area contributed by atoms with Crippen molar-refractivity contribution in [1.29, 1.82) is 0 Å². The van der Waals surface area contributed by atoms with Crippen molar-refractivity contribution >= 4 is 61.2 Å². The van der Waals surface area contributed by atoms with E-state index in [-0.39, 0.29) is 33.9 Å². The lowest BCUT2D eigenvalue weighted by Gasteiger charge is -2.05. The van der Waals surface area contributed by atoms with Crippen molar-refractivity contribution in [2.45, 2.75) is 18.2 Å². The van der Waals surface area contributed by atoms with E-state index in [1.54, 1.807) is 67.6 Å². The second kappa shape index (κ2) is 10.9. The third kappa shape index (κ3) is 5.84. The fraction of sp³-hybridized carbons (Fsp3) is 0.115. The SMILES string of the molecule is CCS(=O)(=O)c1ccc(CC(=O)Nc2nc(-c3ccccc3Cl)c(C(=O)c3ccc(Cl)cc3)s2)cc1. The van der Waals surface area contributed by atoms with E-state index < -0.39 is 9.84 Å². The Balaban J connectivity index is 1.61. The second-order valence-corrected chi connectivity index (χ2v) is 11.9. The number of thiazole rings is 1. The Hall–Kier alpha value is -3.04. The first kappa shape index (κ1) is 26.0. The maximum atomic E-state index is 13.3. The Bertz CT molecular complexity index is 1530. The number of nitrogens with zero attached hydrogens (tertiary/aromatic N) is 1. The normalized spacial score (nSPS) is 11.3. The fourth-order valence-electron chi connectivity index (χ4n) is 3.43. The molecule has 1 amide bonds. The Morgan fingerprint density at radius 2 is 1.61 bits per heavy atom. The van der Waals surface area contributed by atoms with Gasteiger partial charge in [0.15, 0.2) is 15.0 Å². The molecule has 1 N–H and O–H groups in total. The van der Waals surface area contributed by atoms with Crippen LogP contribution in [0.25, 0.3) is 11.3 Å². The largest absolute Gasteiger partial charge is 0.302 e. The number of carbonyl (C=O) groups is 2. The molecule has 4 rings (SSSR count). The van der Waals surface area contributed by atoms with Gasteiger partial charge < -0.3 is 5.32 Å². The molecule has 0 fully saturated rings. The zero-order valence-electron chi connectivity index (χ0n) is 19.0. The molecule has 4 aromatic rings. The van der Waals surface area contributed by atoms with E-state index in [4.69, 9.17) is 23.2 Å². The predicted octanol–water partition coefficient (Wildman–Crippen LogP) is 6.32. The van der Waals surface area contributed by atoms with E-state index in [0.717, 1.165) is 11.3 Å². The molecule has 0 atom stereocenters. The molecular formula is C26H20Cl2N2O4S2. The van der Waals surface area contributed by atoms with Crippen molar-refractivity contribution in [3.8, 4) is 11.3 Å². The predicted molar refractivity (Wildman–Crippen MR) is 144 cm³/mol. The van der Waals surface area contributed by atoms with E-state index in [9.17, 15) is 18.0 Å². The second-order valence-electron chi connectivity index (χ2n) is 7.78. The van der Waals surface area contributed by atoms with Gasteiger partial charge in [-0.25, -0.2) is 13.4 Å². The van der Waals surface area contributed by atoms with Gasteiger partial charge >= 0.3 is 0 Å². The lowest BCUT2D eigenvalue weighted by molar-refractivity contribution is -0.115. The van der Waals surface area contributed by atoms with Crippen LogP contribution in [0, 0.1) is 0 Å². The number of sulfone groups is 1. The van der Waals surface area contributed by atoms with Crippen molar-refractivity contribution in [1.82, 2.24) is 4.98 Å². The van der Waals surface area contributed by atoms with Crippen molar-refractivity contribution in [2.75, 3.05) is 11.1 Å². The van der Waals surface area contributed by atoms with Gasteiger partial charge in [0.05, 0.1) is 27.8 Å². The van der Waals surface area contributed by atoms with Crippen LogP contribution in [0.3, 0.4) is 0 Å². The molecule has 3 aromatic carbocycles. The van der Waals surface area contributed by atoms with Gasteiger partial charge in [0.1, 0.15) is 4.88 Å². The first-order valence-corrected chi connectivity index (χ1v) is 14.1. The fourth-order valence-corrected chi connectivity index (χ4v) is 5.62. The van der Waals surface area contributed by atoms with Crippen molar-refractivity contribution in [3.05, 3.63) is 98.8 Å². The average Bonchev–Trinajstić information content (AvgIpc) is 3.27. The van der Waals surface area contributed by atoms with Crippen molar-refractivity contribution in [3.63, 3.8) is 0 Å². The van der Waals surface area contributed by atoms with E-state index in [2.05, 4.69) is 10.3 Å². The summed E-state index contributed by atoms with van der Waals surface area (Å²) in [6.07, 6.45) is 0.00786. The van der Waals surface area contributed by atoms with Gasteiger partial charge in [-0.15, -0.1) is 0 Å². The van der Waals surface area contributed by atoms with E-state index in [1.165, 1.54) is 12.1 Å². The molecule has 6 nitrogen and oxygen atoms in total. The summed E-state index contributed by atoms with van der Waals surface area (Å²) >= 11 is 13.4. The topological polar surface area (TPSA) is 93.2 Å². The minimum Gasteiger partial charge on any atom is -0.302 e. The third-order valence-corrected chi connectivity index (χ3v) is 8.64. The maximum absolute atomic E-state index is 13.3. The summed E-state index contributed by atoms with van der Waals surface area (Å²) in [4.78, 5) is 31.1. The summed E-state index contributed by atoms with van der Waals surface area (Å²) in [5, 5.41) is 3.93. The number of aromatic nitrogens is 1. The van der Waals surface area contributed by atoms with Crippen LogP contribution in [0.15, 0.2) is 77.7 Å². The summed E-state index contributed by atoms with van der Waals surface area (Å²) in [6, 6.07) is 19.7. The number of carbonyl (C=O) groups excluding carboxylic acids is 2. The van der Waals surface area contributed by atoms with Crippen molar-refractivity contribution < 1.29 is 18.0 Å². The average molecular weight is 559 g/mol. The van der Waals surface area contributed by atoms with Crippen LogP contribution >= 0.6 is 34.5 Å². The highest BCUT2D eigenvalue weighted by molar-refractivity contribution is 7.91. The minimum atomic E-state index is -3.32. The number of halogens is 2. The molecule has 0 aliphatic carbocycles. The van der Waals surface area contributed by atoms with E-state index >= 15 is 0 Å². The number of amides is 1. The highest BCUT2D eigenvalue weighted by Gasteiger charge is 2.23. The molecule has 0 radical (unpaired) electrons. The number of benzene rings is 3. The van der Waals surface area contributed by atoms with Crippen LogP contribution in [0.4, 0.5) is 5.13 Å². The Morgan fingerprint density at radius 1 is 0.944 bits per heavy atom. The Kier molecular flexibility index (Phi) is 7.90. The molecule has 0 unspecified atom stereocenters.